The van der Waals surface area contributed by atoms with Crippen molar-refractivity contribution in [3.8, 4) is 5.75 Å². The fourth-order valence-electron chi connectivity index (χ4n) is 1.80. The zero-order valence-electron chi connectivity index (χ0n) is 12.1. The maximum atomic E-state index is 12.0. The monoisotopic (exact) mass is 289 g/mol. The highest BCUT2D eigenvalue weighted by Gasteiger charge is 2.10. The molecule has 0 N–H and O–H groups in total. The van der Waals surface area contributed by atoms with E-state index in [1.807, 2.05) is 41.9 Å². The molecule has 0 aliphatic heterocycles. The minimum atomic E-state index is -0.0190. The molecule has 1 aromatic carbocycles. The smallest absolute Gasteiger partial charge is 0.260 e. The topological polar surface area (TPSA) is 29.5 Å². The highest BCUT2D eigenvalue weighted by Crippen LogP contribution is 2.16. The van der Waals surface area contributed by atoms with Crippen molar-refractivity contribution in [2.24, 2.45) is 0 Å². The van der Waals surface area contributed by atoms with Gasteiger partial charge in [0.1, 0.15) is 5.75 Å². The number of nitrogens with zero attached hydrogens (tertiary/aromatic N) is 1. The molecule has 2 aromatic rings. The zero-order chi connectivity index (χ0) is 14.5. The van der Waals surface area contributed by atoms with E-state index in [1.54, 1.807) is 23.3 Å². The number of aryl methyl sites for hydroxylation is 2. The minimum absolute atomic E-state index is 0.0190. The minimum Gasteiger partial charge on any atom is -0.484 e. The number of likely N-dealkylation sites (N-methyl/N-ethyl adjacent to an activating group) is 1. The number of amides is 1. The van der Waals surface area contributed by atoms with Crippen LogP contribution in [-0.2, 0) is 11.3 Å². The van der Waals surface area contributed by atoms with Gasteiger partial charge in [-0.3, -0.25) is 4.79 Å². The van der Waals surface area contributed by atoms with Gasteiger partial charge in [-0.2, -0.15) is 11.3 Å². The third-order valence-corrected chi connectivity index (χ3v) is 4.00. The molecule has 0 atom stereocenters. The number of ether oxygens (including phenoxy) is 1. The van der Waals surface area contributed by atoms with Gasteiger partial charge in [0.15, 0.2) is 6.61 Å². The Bertz CT molecular complexity index is 578. The summed E-state index contributed by atoms with van der Waals surface area (Å²) in [4.78, 5) is 13.7. The van der Waals surface area contributed by atoms with Crippen LogP contribution in [0.5, 0.6) is 5.75 Å². The van der Waals surface area contributed by atoms with Crippen molar-refractivity contribution in [2.45, 2.75) is 20.4 Å². The van der Waals surface area contributed by atoms with E-state index in [4.69, 9.17) is 4.74 Å². The average Bonchev–Trinajstić information content (AvgIpc) is 2.92. The Labute approximate surface area is 123 Å². The molecule has 4 heteroatoms. The fraction of sp³-hybridized carbons (Fsp3) is 0.312. The number of hydrogen-bond donors (Lipinski definition) is 0. The van der Waals surface area contributed by atoms with E-state index in [-0.39, 0.29) is 12.5 Å². The van der Waals surface area contributed by atoms with Gasteiger partial charge in [-0.25, -0.2) is 0 Å². The molecule has 1 amide bonds. The maximum absolute atomic E-state index is 12.0. The lowest BCUT2D eigenvalue weighted by Gasteiger charge is -2.17. The number of rotatable bonds is 5. The summed E-state index contributed by atoms with van der Waals surface area (Å²) in [5.74, 6) is 0.722. The van der Waals surface area contributed by atoms with Gasteiger partial charge in [-0.1, -0.05) is 6.07 Å². The first-order valence-corrected chi connectivity index (χ1v) is 7.45. The summed E-state index contributed by atoms with van der Waals surface area (Å²) in [7, 11) is 1.80. The summed E-state index contributed by atoms with van der Waals surface area (Å²) in [6, 6.07) is 7.89. The molecule has 0 radical (unpaired) electrons. The quantitative estimate of drug-likeness (QED) is 0.844. The van der Waals surface area contributed by atoms with Crippen LogP contribution >= 0.6 is 11.3 Å². The maximum Gasteiger partial charge on any atom is 0.260 e. The van der Waals surface area contributed by atoms with Crippen LogP contribution in [0.25, 0.3) is 0 Å². The Morgan fingerprint density at radius 3 is 2.70 bits per heavy atom. The molecule has 0 aliphatic carbocycles. The summed E-state index contributed by atoms with van der Waals surface area (Å²) in [6.45, 7) is 4.79. The predicted octanol–water partition coefficient (Wildman–Crippen LogP) is 3.40. The van der Waals surface area contributed by atoms with Gasteiger partial charge in [0.2, 0.25) is 0 Å². The van der Waals surface area contributed by atoms with Crippen LogP contribution in [0.1, 0.15) is 16.7 Å². The normalized spacial score (nSPS) is 10.3. The van der Waals surface area contributed by atoms with E-state index >= 15 is 0 Å². The predicted molar refractivity (Wildman–Crippen MR) is 82.2 cm³/mol. The van der Waals surface area contributed by atoms with Crippen molar-refractivity contribution in [3.63, 3.8) is 0 Å². The van der Waals surface area contributed by atoms with Gasteiger partial charge in [0, 0.05) is 13.6 Å². The molecule has 0 spiro atoms. The van der Waals surface area contributed by atoms with Crippen LogP contribution in [0.4, 0.5) is 0 Å². The molecule has 1 aromatic heterocycles. The summed E-state index contributed by atoms with van der Waals surface area (Å²) in [6.07, 6.45) is 0. The first kappa shape index (κ1) is 14.6. The third-order valence-electron chi connectivity index (χ3n) is 3.27. The molecule has 0 saturated heterocycles. The molecule has 0 fully saturated rings. The molecule has 0 unspecified atom stereocenters. The van der Waals surface area contributed by atoms with Gasteiger partial charge in [0.05, 0.1) is 0 Å². The van der Waals surface area contributed by atoms with Crippen LogP contribution in [0.3, 0.4) is 0 Å². The van der Waals surface area contributed by atoms with E-state index in [0.29, 0.717) is 6.54 Å². The van der Waals surface area contributed by atoms with Gasteiger partial charge in [0.25, 0.3) is 5.91 Å². The van der Waals surface area contributed by atoms with E-state index < -0.39 is 0 Å². The molecular weight excluding hydrogens is 270 g/mol. The zero-order valence-corrected chi connectivity index (χ0v) is 12.9. The Morgan fingerprint density at radius 2 is 2.05 bits per heavy atom. The molecule has 0 aliphatic rings. The molecule has 20 heavy (non-hydrogen) atoms. The van der Waals surface area contributed by atoms with Crippen LogP contribution in [0, 0.1) is 13.8 Å². The SMILES string of the molecule is Cc1ccc(OCC(=O)N(C)Cc2ccsc2)cc1C. The largest absolute Gasteiger partial charge is 0.484 e. The lowest BCUT2D eigenvalue weighted by molar-refractivity contribution is -0.132. The van der Waals surface area contributed by atoms with Crippen molar-refractivity contribution in [2.75, 3.05) is 13.7 Å². The van der Waals surface area contributed by atoms with Crippen molar-refractivity contribution in [1.29, 1.82) is 0 Å². The number of carbonyl (C=O) groups is 1. The second-order valence-electron chi connectivity index (χ2n) is 4.92. The Hall–Kier alpha value is -1.81. The molecule has 1 heterocycles. The average molecular weight is 289 g/mol. The second kappa shape index (κ2) is 6.57. The number of hydrogen-bond acceptors (Lipinski definition) is 3. The molecule has 0 saturated carbocycles. The molecule has 2 rings (SSSR count). The molecule has 3 nitrogen and oxygen atoms in total. The summed E-state index contributed by atoms with van der Waals surface area (Å²) in [5, 5.41) is 4.06. The number of thiophene rings is 1. The van der Waals surface area contributed by atoms with Crippen LogP contribution in [0.2, 0.25) is 0 Å². The summed E-state index contributed by atoms with van der Waals surface area (Å²) >= 11 is 1.64. The third kappa shape index (κ3) is 3.84. The lowest BCUT2D eigenvalue weighted by Crippen LogP contribution is -2.30. The van der Waals surface area contributed by atoms with Crippen LogP contribution in [0.15, 0.2) is 35.0 Å². The Kier molecular flexibility index (Phi) is 4.79. The highest BCUT2D eigenvalue weighted by atomic mass is 32.1. The molecular formula is C16H19NO2S. The Morgan fingerprint density at radius 1 is 1.25 bits per heavy atom. The fourth-order valence-corrected chi connectivity index (χ4v) is 2.46. The summed E-state index contributed by atoms with van der Waals surface area (Å²) < 4.78 is 5.56. The lowest BCUT2D eigenvalue weighted by atomic mass is 10.1. The first-order chi connectivity index (χ1) is 9.56. The van der Waals surface area contributed by atoms with Gasteiger partial charge in [-0.05, 0) is 59.5 Å². The van der Waals surface area contributed by atoms with Gasteiger partial charge < -0.3 is 9.64 Å². The Balaban J connectivity index is 1.86. The van der Waals surface area contributed by atoms with E-state index in [9.17, 15) is 4.79 Å². The van der Waals surface area contributed by atoms with Crippen molar-refractivity contribution >= 4 is 17.2 Å². The number of carbonyl (C=O) groups excluding carboxylic acids is 1. The standard InChI is InChI=1S/C16H19NO2S/c1-12-4-5-15(8-13(12)2)19-10-16(18)17(3)9-14-6-7-20-11-14/h4-8,11H,9-10H2,1-3H3. The highest BCUT2D eigenvalue weighted by molar-refractivity contribution is 7.07. The first-order valence-electron chi connectivity index (χ1n) is 6.51. The van der Waals surface area contributed by atoms with E-state index in [0.717, 1.165) is 11.3 Å². The van der Waals surface area contributed by atoms with Gasteiger partial charge in [-0.15, -0.1) is 0 Å². The van der Waals surface area contributed by atoms with Crippen LogP contribution < -0.4 is 4.74 Å². The van der Waals surface area contributed by atoms with E-state index in [2.05, 4.69) is 6.92 Å². The second-order valence-corrected chi connectivity index (χ2v) is 5.70. The van der Waals surface area contributed by atoms with Crippen LogP contribution in [-0.4, -0.2) is 24.5 Å². The number of benzene rings is 1. The van der Waals surface area contributed by atoms with Crippen molar-refractivity contribution in [3.05, 3.63) is 51.7 Å². The molecule has 106 valence electrons. The van der Waals surface area contributed by atoms with Crippen molar-refractivity contribution < 1.29 is 9.53 Å². The van der Waals surface area contributed by atoms with Gasteiger partial charge >= 0.3 is 0 Å². The summed E-state index contributed by atoms with van der Waals surface area (Å²) in [5.41, 5.74) is 3.54. The van der Waals surface area contributed by atoms with Crippen molar-refractivity contribution in [1.82, 2.24) is 4.90 Å². The molecule has 0 bridgehead atoms. The van der Waals surface area contributed by atoms with E-state index in [1.165, 1.54) is 11.1 Å².